The molecule has 0 heterocycles. The number of carboxylic acid groups (broad SMARTS) is 1. The Balaban J connectivity index is 3.37. The summed E-state index contributed by atoms with van der Waals surface area (Å²) in [6.07, 6.45) is 9.54. The summed E-state index contributed by atoms with van der Waals surface area (Å²) in [7, 11) is 0. The molecule has 0 spiro atoms. The summed E-state index contributed by atoms with van der Waals surface area (Å²) < 4.78 is 0. The second-order valence-corrected chi connectivity index (χ2v) is 5.69. The van der Waals surface area contributed by atoms with Gasteiger partial charge in [-0.05, 0) is 25.2 Å². The lowest BCUT2D eigenvalue weighted by Gasteiger charge is -2.10. The van der Waals surface area contributed by atoms with E-state index in [1.165, 1.54) is 25.7 Å². The predicted molar refractivity (Wildman–Crippen MR) is 81.7 cm³/mol. The summed E-state index contributed by atoms with van der Waals surface area (Å²) in [5, 5.41) is 11.5. The third kappa shape index (κ3) is 13.4. The van der Waals surface area contributed by atoms with Crippen LogP contribution in [0.25, 0.3) is 0 Å². The molecule has 0 saturated carbocycles. The summed E-state index contributed by atoms with van der Waals surface area (Å²) in [5.41, 5.74) is 0. The third-order valence-electron chi connectivity index (χ3n) is 3.57. The Hall–Kier alpha value is -1.06. The van der Waals surface area contributed by atoms with E-state index < -0.39 is 5.97 Å². The molecule has 0 saturated heterocycles. The van der Waals surface area contributed by atoms with Crippen LogP contribution in [0.1, 0.15) is 78.1 Å². The van der Waals surface area contributed by atoms with Gasteiger partial charge in [0.1, 0.15) is 0 Å². The van der Waals surface area contributed by atoms with E-state index in [1.54, 1.807) is 0 Å². The zero-order chi connectivity index (χ0) is 15.2. The van der Waals surface area contributed by atoms with E-state index in [9.17, 15) is 9.59 Å². The number of aliphatic carboxylic acids is 1. The van der Waals surface area contributed by atoms with Crippen LogP contribution in [0.5, 0.6) is 0 Å². The number of nitrogens with one attached hydrogen (secondary N) is 1. The first-order valence-corrected chi connectivity index (χ1v) is 8.04. The van der Waals surface area contributed by atoms with E-state index in [0.29, 0.717) is 25.3 Å². The molecule has 0 aliphatic rings. The molecule has 4 heteroatoms. The largest absolute Gasteiger partial charge is 0.481 e. The average Bonchev–Trinajstić information content (AvgIpc) is 2.40. The summed E-state index contributed by atoms with van der Waals surface area (Å²) in [6, 6.07) is 0. The van der Waals surface area contributed by atoms with E-state index >= 15 is 0 Å². The molecule has 0 bridgehead atoms. The Bertz CT molecular complexity index is 266. The number of rotatable bonds is 13. The fourth-order valence-corrected chi connectivity index (χ4v) is 2.13. The van der Waals surface area contributed by atoms with Crippen LogP contribution in [0.15, 0.2) is 0 Å². The summed E-state index contributed by atoms with van der Waals surface area (Å²) in [4.78, 5) is 22.0. The molecule has 1 amide bonds. The van der Waals surface area contributed by atoms with Gasteiger partial charge in [-0.25, -0.2) is 0 Å². The summed E-state index contributed by atoms with van der Waals surface area (Å²) in [5.74, 6) is -0.268. The highest BCUT2D eigenvalue weighted by molar-refractivity contribution is 5.75. The number of amides is 1. The van der Waals surface area contributed by atoms with Crippen LogP contribution in [-0.4, -0.2) is 23.5 Å². The minimum atomic E-state index is -0.746. The number of unbranched alkanes of at least 4 members (excludes halogenated alkanes) is 5. The van der Waals surface area contributed by atoms with Gasteiger partial charge in [0.15, 0.2) is 0 Å². The van der Waals surface area contributed by atoms with Crippen molar-refractivity contribution in [2.24, 2.45) is 5.92 Å². The quantitative estimate of drug-likeness (QED) is 0.506. The lowest BCUT2D eigenvalue weighted by atomic mass is 10.0. The number of hydrogen-bond donors (Lipinski definition) is 2. The van der Waals surface area contributed by atoms with Gasteiger partial charge >= 0.3 is 5.97 Å². The minimum absolute atomic E-state index is 0.130. The molecule has 0 rings (SSSR count). The molecule has 0 aliphatic carbocycles. The van der Waals surface area contributed by atoms with Gasteiger partial charge < -0.3 is 10.4 Å². The Labute approximate surface area is 123 Å². The second-order valence-electron chi connectivity index (χ2n) is 5.69. The van der Waals surface area contributed by atoms with Gasteiger partial charge in [-0.15, -0.1) is 0 Å². The van der Waals surface area contributed by atoms with Gasteiger partial charge in [-0.1, -0.05) is 46.0 Å². The normalized spacial score (nSPS) is 12.1. The lowest BCUT2D eigenvalue weighted by Crippen LogP contribution is -2.25. The highest BCUT2D eigenvalue weighted by Crippen LogP contribution is 2.09. The van der Waals surface area contributed by atoms with Crippen LogP contribution in [0.4, 0.5) is 0 Å². The van der Waals surface area contributed by atoms with Crippen molar-refractivity contribution in [3.05, 3.63) is 0 Å². The Morgan fingerprint density at radius 2 is 1.65 bits per heavy atom. The maximum atomic E-state index is 11.6. The van der Waals surface area contributed by atoms with Crippen molar-refractivity contribution in [1.82, 2.24) is 5.32 Å². The molecule has 0 aromatic heterocycles. The van der Waals surface area contributed by atoms with Crippen molar-refractivity contribution in [3.8, 4) is 0 Å². The Morgan fingerprint density at radius 3 is 2.30 bits per heavy atom. The zero-order valence-electron chi connectivity index (χ0n) is 13.1. The van der Waals surface area contributed by atoms with Gasteiger partial charge in [0.25, 0.3) is 0 Å². The van der Waals surface area contributed by atoms with E-state index in [2.05, 4.69) is 12.2 Å². The monoisotopic (exact) mass is 285 g/mol. The second kappa shape index (κ2) is 12.9. The Morgan fingerprint density at radius 1 is 1.00 bits per heavy atom. The van der Waals surface area contributed by atoms with Crippen molar-refractivity contribution in [2.75, 3.05) is 6.54 Å². The molecule has 0 radical (unpaired) electrons. The van der Waals surface area contributed by atoms with Crippen molar-refractivity contribution in [3.63, 3.8) is 0 Å². The molecule has 4 nitrogen and oxygen atoms in total. The van der Waals surface area contributed by atoms with Crippen molar-refractivity contribution >= 4 is 11.9 Å². The maximum absolute atomic E-state index is 11.6. The highest BCUT2D eigenvalue weighted by atomic mass is 16.4. The smallest absolute Gasteiger partial charge is 0.303 e. The molecular weight excluding hydrogens is 254 g/mol. The Kier molecular flexibility index (Phi) is 12.3. The molecule has 118 valence electrons. The van der Waals surface area contributed by atoms with E-state index in [1.807, 2.05) is 6.92 Å². The number of carbonyl (C=O) groups excluding carboxylic acids is 1. The summed E-state index contributed by atoms with van der Waals surface area (Å²) in [6.45, 7) is 4.89. The van der Waals surface area contributed by atoms with E-state index in [4.69, 9.17) is 5.11 Å². The first-order chi connectivity index (χ1) is 9.56. The van der Waals surface area contributed by atoms with Crippen LogP contribution in [-0.2, 0) is 9.59 Å². The molecule has 2 N–H and O–H groups in total. The molecule has 0 aromatic carbocycles. The fourth-order valence-electron chi connectivity index (χ4n) is 2.13. The van der Waals surface area contributed by atoms with Crippen molar-refractivity contribution < 1.29 is 14.7 Å². The SMILES string of the molecule is CCCCCCCCC(=O)NCCC(C)CCC(=O)O. The van der Waals surface area contributed by atoms with Gasteiger partial charge in [-0.2, -0.15) is 0 Å². The highest BCUT2D eigenvalue weighted by Gasteiger charge is 2.06. The van der Waals surface area contributed by atoms with Crippen LogP contribution >= 0.6 is 0 Å². The molecule has 1 atom stereocenters. The third-order valence-corrected chi connectivity index (χ3v) is 3.57. The van der Waals surface area contributed by atoms with Crippen LogP contribution in [0, 0.1) is 5.92 Å². The topological polar surface area (TPSA) is 66.4 Å². The van der Waals surface area contributed by atoms with Crippen molar-refractivity contribution in [1.29, 1.82) is 0 Å². The first-order valence-electron chi connectivity index (χ1n) is 8.04. The molecule has 1 unspecified atom stereocenters. The van der Waals surface area contributed by atoms with E-state index in [0.717, 1.165) is 19.3 Å². The summed E-state index contributed by atoms with van der Waals surface area (Å²) >= 11 is 0. The molecule has 0 aromatic rings. The molecule has 20 heavy (non-hydrogen) atoms. The first kappa shape index (κ1) is 18.9. The van der Waals surface area contributed by atoms with Crippen LogP contribution in [0.3, 0.4) is 0 Å². The zero-order valence-corrected chi connectivity index (χ0v) is 13.1. The van der Waals surface area contributed by atoms with Gasteiger partial charge in [-0.3, -0.25) is 9.59 Å². The predicted octanol–water partition coefficient (Wildman–Crippen LogP) is 3.74. The van der Waals surface area contributed by atoms with E-state index in [-0.39, 0.29) is 12.3 Å². The number of hydrogen-bond acceptors (Lipinski definition) is 2. The lowest BCUT2D eigenvalue weighted by molar-refractivity contribution is -0.137. The van der Waals surface area contributed by atoms with Crippen LogP contribution < -0.4 is 5.32 Å². The van der Waals surface area contributed by atoms with Gasteiger partial charge in [0.05, 0.1) is 0 Å². The van der Waals surface area contributed by atoms with Gasteiger partial charge in [0, 0.05) is 19.4 Å². The number of carboxylic acids is 1. The minimum Gasteiger partial charge on any atom is -0.481 e. The average molecular weight is 285 g/mol. The maximum Gasteiger partial charge on any atom is 0.303 e. The number of carbonyl (C=O) groups is 2. The molecular formula is C16H31NO3. The standard InChI is InChI=1S/C16H31NO3/c1-3-4-5-6-7-8-9-15(18)17-13-12-14(2)10-11-16(19)20/h14H,3-13H2,1-2H3,(H,17,18)(H,19,20). The fraction of sp³-hybridized carbons (Fsp3) is 0.875. The molecule has 0 fully saturated rings. The molecule has 0 aliphatic heterocycles. The van der Waals surface area contributed by atoms with Crippen LogP contribution in [0.2, 0.25) is 0 Å². The van der Waals surface area contributed by atoms with Crippen molar-refractivity contribution in [2.45, 2.75) is 78.1 Å². The van der Waals surface area contributed by atoms with Gasteiger partial charge in [0.2, 0.25) is 5.91 Å².